The summed E-state index contributed by atoms with van der Waals surface area (Å²) >= 11 is 0. The Kier molecular flexibility index (Phi) is 5.03. The molecule has 1 aliphatic rings. The Morgan fingerprint density at radius 1 is 1.33 bits per heavy atom. The van der Waals surface area contributed by atoms with E-state index in [2.05, 4.69) is 25.7 Å². The molecule has 0 radical (unpaired) electrons. The summed E-state index contributed by atoms with van der Waals surface area (Å²) in [6.45, 7) is 8.92. The zero-order valence-electron chi connectivity index (χ0n) is 10.3. The minimum Gasteiger partial charge on any atom is -0.395 e. The molecule has 1 aliphatic heterocycles. The number of rotatable bonds is 4. The molecular formula is C12H26N2O. The third kappa shape index (κ3) is 3.44. The van der Waals surface area contributed by atoms with Crippen molar-refractivity contribution in [1.29, 1.82) is 0 Å². The van der Waals surface area contributed by atoms with E-state index in [1.54, 1.807) is 0 Å². The van der Waals surface area contributed by atoms with E-state index in [1.807, 2.05) is 0 Å². The molecule has 15 heavy (non-hydrogen) atoms. The van der Waals surface area contributed by atoms with Gasteiger partial charge in [-0.05, 0) is 37.8 Å². The van der Waals surface area contributed by atoms with Gasteiger partial charge in [0.15, 0.2) is 0 Å². The van der Waals surface area contributed by atoms with Crippen LogP contribution in [0.25, 0.3) is 0 Å². The van der Waals surface area contributed by atoms with Gasteiger partial charge < -0.3 is 10.8 Å². The zero-order chi connectivity index (χ0) is 11.4. The first-order valence-corrected chi connectivity index (χ1v) is 6.16. The number of aliphatic hydroxyl groups is 1. The fraction of sp³-hybridized carbons (Fsp3) is 1.00. The van der Waals surface area contributed by atoms with Crippen LogP contribution in [0.1, 0.15) is 33.6 Å². The number of piperidine rings is 1. The fourth-order valence-corrected chi connectivity index (χ4v) is 2.29. The summed E-state index contributed by atoms with van der Waals surface area (Å²) in [5, 5.41) is 9.44. The highest BCUT2D eigenvalue weighted by molar-refractivity contribution is 4.86. The Morgan fingerprint density at radius 3 is 2.27 bits per heavy atom. The molecule has 1 fully saturated rings. The van der Waals surface area contributed by atoms with Gasteiger partial charge in [-0.25, -0.2) is 0 Å². The van der Waals surface area contributed by atoms with Gasteiger partial charge in [0.1, 0.15) is 0 Å². The zero-order valence-corrected chi connectivity index (χ0v) is 10.3. The van der Waals surface area contributed by atoms with Crippen molar-refractivity contribution in [3.63, 3.8) is 0 Å². The van der Waals surface area contributed by atoms with Crippen LogP contribution in [-0.2, 0) is 0 Å². The lowest BCUT2D eigenvalue weighted by atomic mass is 9.92. The monoisotopic (exact) mass is 214 g/mol. The van der Waals surface area contributed by atoms with Crippen molar-refractivity contribution in [3.8, 4) is 0 Å². The average Bonchev–Trinajstić information content (AvgIpc) is 2.21. The summed E-state index contributed by atoms with van der Waals surface area (Å²) < 4.78 is 0. The number of likely N-dealkylation sites (tertiary alicyclic amines) is 1. The smallest absolute Gasteiger partial charge is 0.0602 e. The second-order valence-electron chi connectivity index (χ2n) is 5.29. The largest absolute Gasteiger partial charge is 0.395 e. The first-order valence-electron chi connectivity index (χ1n) is 6.16. The second kappa shape index (κ2) is 5.83. The van der Waals surface area contributed by atoms with E-state index in [0.717, 1.165) is 19.0 Å². The molecule has 0 aromatic carbocycles. The first kappa shape index (κ1) is 12.9. The van der Waals surface area contributed by atoms with Gasteiger partial charge in [-0.1, -0.05) is 20.8 Å². The maximum Gasteiger partial charge on any atom is 0.0602 e. The highest BCUT2D eigenvalue weighted by atomic mass is 16.3. The topological polar surface area (TPSA) is 49.5 Å². The summed E-state index contributed by atoms with van der Waals surface area (Å²) in [7, 11) is 0. The molecule has 90 valence electrons. The normalized spacial score (nSPS) is 24.4. The molecule has 0 aromatic heterocycles. The van der Waals surface area contributed by atoms with Crippen LogP contribution in [0.15, 0.2) is 0 Å². The number of hydrogen-bond acceptors (Lipinski definition) is 3. The predicted octanol–water partition coefficient (Wildman–Crippen LogP) is 1.06. The van der Waals surface area contributed by atoms with Crippen molar-refractivity contribution in [2.24, 2.45) is 17.6 Å². The molecule has 2 unspecified atom stereocenters. The van der Waals surface area contributed by atoms with Crippen molar-refractivity contribution < 1.29 is 5.11 Å². The van der Waals surface area contributed by atoms with E-state index in [9.17, 15) is 5.11 Å². The molecular weight excluding hydrogens is 188 g/mol. The van der Waals surface area contributed by atoms with Crippen LogP contribution in [0, 0.1) is 11.8 Å². The van der Waals surface area contributed by atoms with Crippen LogP contribution in [0.5, 0.6) is 0 Å². The van der Waals surface area contributed by atoms with Crippen LogP contribution in [-0.4, -0.2) is 41.8 Å². The van der Waals surface area contributed by atoms with E-state index in [4.69, 9.17) is 5.73 Å². The molecule has 0 saturated carbocycles. The van der Waals surface area contributed by atoms with Gasteiger partial charge in [-0.3, -0.25) is 4.90 Å². The summed E-state index contributed by atoms with van der Waals surface area (Å²) in [5.41, 5.74) is 6.14. The summed E-state index contributed by atoms with van der Waals surface area (Å²) in [6.07, 6.45) is 2.47. The van der Waals surface area contributed by atoms with Gasteiger partial charge in [0.2, 0.25) is 0 Å². The molecule has 0 aliphatic carbocycles. The Hall–Kier alpha value is -0.120. The number of hydrogen-bond donors (Lipinski definition) is 2. The van der Waals surface area contributed by atoms with Crippen LogP contribution in [0.2, 0.25) is 0 Å². The van der Waals surface area contributed by atoms with Gasteiger partial charge in [0.05, 0.1) is 6.61 Å². The van der Waals surface area contributed by atoms with Crippen molar-refractivity contribution >= 4 is 0 Å². The van der Waals surface area contributed by atoms with Gasteiger partial charge in [-0.2, -0.15) is 0 Å². The Bertz CT molecular complexity index is 176. The molecule has 1 rings (SSSR count). The predicted molar refractivity (Wildman–Crippen MR) is 63.7 cm³/mol. The lowest BCUT2D eigenvalue weighted by Crippen LogP contribution is -2.54. The summed E-state index contributed by atoms with van der Waals surface area (Å²) in [6, 6.07) is 0.237. The molecule has 3 heteroatoms. The molecule has 2 atom stereocenters. The minimum atomic E-state index is 0.0865. The number of nitrogens with zero attached hydrogens (tertiary/aromatic N) is 1. The van der Waals surface area contributed by atoms with Gasteiger partial charge in [0, 0.05) is 12.1 Å². The Morgan fingerprint density at radius 2 is 1.87 bits per heavy atom. The van der Waals surface area contributed by atoms with Gasteiger partial charge in [-0.15, -0.1) is 0 Å². The lowest BCUT2D eigenvalue weighted by Gasteiger charge is -2.39. The number of nitrogens with two attached hydrogens (primary N) is 1. The van der Waals surface area contributed by atoms with Crippen molar-refractivity contribution in [1.82, 2.24) is 4.90 Å². The number of aliphatic hydroxyl groups excluding tert-OH is 1. The molecule has 0 amide bonds. The summed E-state index contributed by atoms with van der Waals surface area (Å²) in [4.78, 5) is 2.37. The van der Waals surface area contributed by atoms with Crippen molar-refractivity contribution in [3.05, 3.63) is 0 Å². The van der Waals surface area contributed by atoms with E-state index >= 15 is 0 Å². The second-order valence-corrected chi connectivity index (χ2v) is 5.29. The van der Waals surface area contributed by atoms with Crippen LogP contribution in [0.4, 0.5) is 0 Å². The maximum atomic E-state index is 9.44. The molecule has 1 saturated heterocycles. The third-order valence-electron chi connectivity index (χ3n) is 3.69. The fourth-order valence-electron chi connectivity index (χ4n) is 2.29. The SMILES string of the molecule is CC1CCN(C(CO)C(N)C(C)C)CC1. The maximum absolute atomic E-state index is 9.44. The molecule has 3 nitrogen and oxygen atoms in total. The summed E-state index contributed by atoms with van der Waals surface area (Å²) in [5.74, 6) is 1.26. The van der Waals surface area contributed by atoms with E-state index < -0.39 is 0 Å². The van der Waals surface area contributed by atoms with Crippen LogP contribution >= 0.6 is 0 Å². The highest BCUT2D eigenvalue weighted by Gasteiger charge is 2.28. The van der Waals surface area contributed by atoms with E-state index in [1.165, 1.54) is 12.8 Å². The minimum absolute atomic E-state index is 0.0865. The van der Waals surface area contributed by atoms with Gasteiger partial charge in [0.25, 0.3) is 0 Å². The molecule has 3 N–H and O–H groups in total. The van der Waals surface area contributed by atoms with E-state index in [0.29, 0.717) is 5.92 Å². The Balaban J connectivity index is 2.51. The molecule has 0 bridgehead atoms. The van der Waals surface area contributed by atoms with Crippen LogP contribution in [0.3, 0.4) is 0 Å². The molecule has 0 spiro atoms. The first-order chi connectivity index (χ1) is 7.06. The third-order valence-corrected chi connectivity index (χ3v) is 3.69. The molecule has 0 aromatic rings. The lowest BCUT2D eigenvalue weighted by molar-refractivity contribution is 0.0645. The van der Waals surface area contributed by atoms with E-state index in [-0.39, 0.29) is 18.7 Å². The average molecular weight is 214 g/mol. The Labute approximate surface area is 93.6 Å². The van der Waals surface area contributed by atoms with Crippen molar-refractivity contribution in [2.45, 2.75) is 45.7 Å². The standard InChI is InChI=1S/C12H26N2O/c1-9(2)12(13)11(8-15)14-6-4-10(3)5-7-14/h9-12,15H,4-8,13H2,1-3H3. The molecule has 1 heterocycles. The highest BCUT2D eigenvalue weighted by Crippen LogP contribution is 2.20. The quantitative estimate of drug-likeness (QED) is 0.736. The van der Waals surface area contributed by atoms with Gasteiger partial charge >= 0.3 is 0 Å². The van der Waals surface area contributed by atoms with Crippen LogP contribution < -0.4 is 5.73 Å². The van der Waals surface area contributed by atoms with Crippen molar-refractivity contribution in [2.75, 3.05) is 19.7 Å².